The lowest BCUT2D eigenvalue weighted by Crippen LogP contribution is -2.36. The van der Waals surface area contributed by atoms with Crippen LogP contribution in [0, 0.1) is 11.8 Å². The van der Waals surface area contributed by atoms with E-state index in [1.54, 1.807) is 0 Å². The van der Waals surface area contributed by atoms with Crippen LogP contribution >= 0.6 is 0 Å². The Morgan fingerprint density at radius 3 is 2.69 bits per heavy atom. The lowest BCUT2D eigenvalue weighted by Gasteiger charge is -2.22. The molecule has 0 spiro atoms. The predicted molar refractivity (Wildman–Crippen MR) is 66.6 cm³/mol. The maximum atomic E-state index is 5.58. The third-order valence-electron chi connectivity index (χ3n) is 4.07. The van der Waals surface area contributed by atoms with Crippen LogP contribution in [-0.2, 0) is 4.74 Å². The standard InChI is InChI=1S/C13H26N2O/c1-15(2)6-8-16-7-5-14-13-10-11-3-4-12(13)9-11/h11-14H,3-10H2,1-2H3. The molecule has 2 rings (SSSR count). The van der Waals surface area contributed by atoms with Gasteiger partial charge in [-0.2, -0.15) is 0 Å². The molecule has 0 aliphatic heterocycles. The summed E-state index contributed by atoms with van der Waals surface area (Å²) in [6, 6.07) is 0.802. The molecule has 0 aromatic heterocycles. The Morgan fingerprint density at radius 2 is 2.06 bits per heavy atom. The van der Waals surface area contributed by atoms with E-state index < -0.39 is 0 Å². The van der Waals surface area contributed by atoms with Gasteiger partial charge in [-0.3, -0.25) is 0 Å². The molecule has 94 valence electrons. The van der Waals surface area contributed by atoms with Crippen molar-refractivity contribution >= 4 is 0 Å². The molecule has 2 aliphatic carbocycles. The molecule has 1 N–H and O–H groups in total. The summed E-state index contributed by atoms with van der Waals surface area (Å²) in [5, 5.41) is 3.66. The van der Waals surface area contributed by atoms with Gasteiger partial charge >= 0.3 is 0 Å². The minimum atomic E-state index is 0.802. The summed E-state index contributed by atoms with van der Waals surface area (Å²) in [4.78, 5) is 2.16. The Balaban J connectivity index is 1.46. The summed E-state index contributed by atoms with van der Waals surface area (Å²) >= 11 is 0. The van der Waals surface area contributed by atoms with Gasteiger partial charge in [-0.1, -0.05) is 6.42 Å². The molecule has 0 radical (unpaired) electrons. The first kappa shape index (κ1) is 12.3. The van der Waals surface area contributed by atoms with Gasteiger partial charge in [0.25, 0.3) is 0 Å². The molecule has 3 nitrogen and oxygen atoms in total. The molecule has 2 bridgehead atoms. The molecule has 3 unspecified atom stereocenters. The Hall–Kier alpha value is -0.120. The largest absolute Gasteiger partial charge is 0.379 e. The molecule has 2 saturated carbocycles. The number of nitrogens with zero attached hydrogens (tertiary/aromatic N) is 1. The molecule has 0 aromatic rings. The van der Waals surface area contributed by atoms with E-state index in [-0.39, 0.29) is 0 Å². The molecule has 0 aromatic carbocycles. The van der Waals surface area contributed by atoms with Crippen LogP contribution in [0.1, 0.15) is 25.7 Å². The Kier molecular flexibility index (Phi) is 4.62. The third-order valence-corrected chi connectivity index (χ3v) is 4.07. The van der Waals surface area contributed by atoms with Crippen molar-refractivity contribution in [2.24, 2.45) is 11.8 Å². The minimum absolute atomic E-state index is 0.802. The molecule has 3 atom stereocenters. The predicted octanol–water partition coefficient (Wildman–Crippen LogP) is 1.34. The highest BCUT2D eigenvalue weighted by molar-refractivity contribution is 4.93. The molecule has 16 heavy (non-hydrogen) atoms. The molecule has 2 fully saturated rings. The highest BCUT2D eigenvalue weighted by atomic mass is 16.5. The zero-order valence-corrected chi connectivity index (χ0v) is 10.7. The summed E-state index contributed by atoms with van der Waals surface area (Å²) in [7, 11) is 4.16. The van der Waals surface area contributed by atoms with Crippen molar-refractivity contribution in [3.8, 4) is 0 Å². The molecule has 0 heterocycles. The summed E-state index contributed by atoms with van der Waals surface area (Å²) in [5.41, 5.74) is 0. The first-order valence-electron chi connectivity index (χ1n) is 6.71. The van der Waals surface area contributed by atoms with Crippen LogP contribution < -0.4 is 5.32 Å². The van der Waals surface area contributed by atoms with Gasteiger partial charge in [0.05, 0.1) is 13.2 Å². The van der Waals surface area contributed by atoms with Gasteiger partial charge in [-0.05, 0) is 45.2 Å². The van der Waals surface area contributed by atoms with Crippen LogP contribution in [0.5, 0.6) is 0 Å². The first-order valence-corrected chi connectivity index (χ1v) is 6.71. The molecule has 2 aliphatic rings. The van der Waals surface area contributed by atoms with E-state index in [0.717, 1.165) is 44.2 Å². The number of fused-ring (bicyclic) bond motifs is 2. The fraction of sp³-hybridized carbons (Fsp3) is 1.00. The molecule has 3 heteroatoms. The van der Waals surface area contributed by atoms with Crippen LogP contribution in [0.25, 0.3) is 0 Å². The Morgan fingerprint density at radius 1 is 1.19 bits per heavy atom. The maximum Gasteiger partial charge on any atom is 0.0593 e. The smallest absolute Gasteiger partial charge is 0.0593 e. The number of hydrogen-bond acceptors (Lipinski definition) is 3. The van der Waals surface area contributed by atoms with Gasteiger partial charge in [-0.15, -0.1) is 0 Å². The average Bonchev–Trinajstić information content (AvgIpc) is 2.84. The van der Waals surface area contributed by atoms with Crippen LogP contribution in [0.4, 0.5) is 0 Å². The van der Waals surface area contributed by atoms with E-state index in [0.29, 0.717) is 0 Å². The summed E-state index contributed by atoms with van der Waals surface area (Å²) in [6.07, 6.45) is 5.85. The second-order valence-corrected chi connectivity index (χ2v) is 5.65. The molecule has 0 amide bonds. The van der Waals surface area contributed by atoms with Crippen molar-refractivity contribution in [1.82, 2.24) is 10.2 Å². The van der Waals surface area contributed by atoms with E-state index in [4.69, 9.17) is 4.74 Å². The van der Waals surface area contributed by atoms with E-state index in [2.05, 4.69) is 24.3 Å². The van der Waals surface area contributed by atoms with E-state index in [1.807, 2.05) is 0 Å². The summed E-state index contributed by atoms with van der Waals surface area (Å²) in [6.45, 7) is 3.77. The number of nitrogens with one attached hydrogen (secondary N) is 1. The highest BCUT2D eigenvalue weighted by Crippen LogP contribution is 2.44. The Bertz CT molecular complexity index is 208. The van der Waals surface area contributed by atoms with Gasteiger partial charge in [-0.25, -0.2) is 0 Å². The number of hydrogen-bond donors (Lipinski definition) is 1. The van der Waals surface area contributed by atoms with Gasteiger partial charge in [0.1, 0.15) is 0 Å². The van der Waals surface area contributed by atoms with Crippen LogP contribution in [0.3, 0.4) is 0 Å². The van der Waals surface area contributed by atoms with Crippen LogP contribution in [0.15, 0.2) is 0 Å². The SMILES string of the molecule is CN(C)CCOCCNC1CC2CCC1C2. The average molecular weight is 226 g/mol. The second kappa shape index (κ2) is 5.99. The summed E-state index contributed by atoms with van der Waals surface area (Å²) < 4.78 is 5.58. The van der Waals surface area contributed by atoms with Crippen molar-refractivity contribution in [3.63, 3.8) is 0 Å². The van der Waals surface area contributed by atoms with E-state index in [9.17, 15) is 0 Å². The van der Waals surface area contributed by atoms with Gasteiger partial charge < -0.3 is 15.0 Å². The zero-order valence-electron chi connectivity index (χ0n) is 10.7. The van der Waals surface area contributed by atoms with Crippen LogP contribution in [-0.4, -0.2) is 51.3 Å². The van der Waals surface area contributed by atoms with Gasteiger partial charge in [0, 0.05) is 19.1 Å². The maximum absolute atomic E-state index is 5.58. The van der Waals surface area contributed by atoms with Gasteiger partial charge in [0.2, 0.25) is 0 Å². The Labute approximate surface area is 99.5 Å². The molecular formula is C13H26N2O. The third kappa shape index (κ3) is 3.44. The lowest BCUT2D eigenvalue weighted by molar-refractivity contribution is 0.115. The van der Waals surface area contributed by atoms with Crippen LogP contribution in [0.2, 0.25) is 0 Å². The van der Waals surface area contributed by atoms with Crippen molar-refractivity contribution in [3.05, 3.63) is 0 Å². The highest BCUT2D eigenvalue weighted by Gasteiger charge is 2.38. The van der Waals surface area contributed by atoms with Crippen molar-refractivity contribution in [2.75, 3.05) is 40.4 Å². The number of likely N-dealkylation sites (N-methyl/N-ethyl adjacent to an activating group) is 1. The number of rotatable bonds is 7. The minimum Gasteiger partial charge on any atom is -0.379 e. The van der Waals surface area contributed by atoms with Crippen molar-refractivity contribution in [1.29, 1.82) is 0 Å². The normalized spacial score (nSPS) is 32.8. The van der Waals surface area contributed by atoms with Crippen molar-refractivity contribution < 1.29 is 4.74 Å². The zero-order chi connectivity index (χ0) is 11.4. The fourth-order valence-corrected chi connectivity index (χ4v) is 3.16. The van der Waals surface area contributed by atoms with Crippen molar-refractivity contribution in [2.45, 2.75) is 31.7 Å². The monoisotopic (exact) mass is 226 g/mol. The first-order chi connectivity index (χ1) is 7.75. The number of ether oxygens (including phenoxy) is 1. The quantitative estimate of drug-likeness (QED) is 0.663. The van der Waals surface area contributed by atoms with Gasteiger partial charge in [0.15, 0.2) is 0 Å². The molecule has 0 saturated heterocycles. The summed E-state index contributed by atoms with van der Waals surface area (Å²) in [5.74, 6) is 2.02. The molecular weight excluding hydrogens is 200 g/mol. The topological polar surface area (TPSA) is 24.5 Å². The van der Waals surface area contributed by atoms with E-state index >= 15 is 0 Å². The fourth-order valence-electron chi connectivity index (χ4n) is 3.16. The van der Waals surface area contributed by atoms with E-state index in [1.165, 1.54) is 25.7 Å². The lowest BCUT2D eigenvalue weighted by atomic mass is 9.95. The second-order valence-electron chi connectivity index (χ2n) is 5.65.